The Bertz CT molecular complexity index is 60.3. The van der Waals surface area contributed by atoms with Crippen LogP contribution in [0.2, 0.25) is 6.55 Å². The normalized spacial score (nSPS) is 26.1. The van der Waals surface area contributed by atoms with Gasteiger partial charge in [-0.05, 0) is 19.3 Å². The number of hydrogen-bond donors (Lipinski definition) is 0. The lowest BCUT2D eigenvalue weighted by atomic mass is 10.2. The Morgan fingerprint density at radius 2 is 2.00 bits per heavy atom. The minimum atomic E-state index is 0.146. The summed E-state index contributed by atoms with van der Waals surface area (Å²) in [7, 11) is 0.146. The fourth-order valence-corrected chi connectivity index (χ4v) is 2.23. The van der Waals surface area contributed by atoms with E-state index in [1.54, 1.807) is 0 Å². The van der Waals surface area contributed by atoms with Gasteiger partial charge in [-0.15, -0.1) is 0 Å². The summed E-state index contributed by atoms with van der Waals surface area (Å²) in [6.07, 6.45) is 4.05. The minimum absolute atomic E-state index is 0.146. The molecule has 1 atom stereocenters. The van der Waals surface area contributed by atoms with E-state index in [4.69, 9.17) is 4.74 Å². The first-order valence-corrected chi connectivity index (χ1v) is 6.78. The molecule has 1 saturated heterocycles. The van der Waals surface area contributed by atoms with Crippen LogP contribution in [0.15, 0.2) is 0 Å². The Morgan fingerprint density at radius 1 is 1.30 bits per heavy atom. The van der Waals surface area contributed by atoms with Crippen LogP contribution in [-0.4, -0.2) is 21.9 Å². The van der Waals surface area contributed by atoms with Crippen LogP contribution in [0.4, 0.5) is 0 Å². The van der Waals surface area contributed by atoms with E-state index in [1.807, 2.05) is 13.8 Å². The standard InChI is InChI=1S/C6H14OSi.C2H6/c1-8-6-4-2-3-5-7-6;1-2/h6H,2-5,8H2,1H3;1-2H3. The maximum Gasteiger partial charge on any atom is 0.0525 e. The predicted octanol–water partition coefficient (Wildman–Crippen LogP) is 1.76. The molecule has 1 unspecified atom stereocenters. The summed E-state index contributed by atoms with van der Waals surface area (Å²) in [5, 5.41) is 0. The van der Waals surface area contributed by atoms with Crippen molar-refractivity contribution in [2.75, 3.05) is 6.61 Å². The van der Waals surface area contributed by atoms with Crippen LogP contribution in [0.5, 0.6) is 0 Å². The van der Waals surface area contributed by atoms with Gasteiger partial charge in [0.05, 0.1) is 9.52 Å². The first-order valence-electron chi connectivity index (χ1n) is 4.55. The van der Waals surface area contributed by atoms with E-state index in [2.05, 4.69) is 6.55 Å². The summed E-state index contributed by atoms with van der Waals surface area (Å²) in [6, 6.07) is 0. The van der Waals surface area contributed by atoms with Gasteiger partial charge < -0.3 is 4.74 Å². The molecule has 1 aliphatic heterocycles. The van der Waals surface area contributed by atoms with E-state index >= 15 is 0 Å². The van der Waals surface area contributed by atoms with E-state index in [9.17, 15) is 0 Å². The van der Waals surface area contributed by atoms with Crippen molar-refractivity contribution in [2.45, 2.75) is 45.4 Å². The van der Waals surface area contributed by atoms with Crippen molar-refractivity contribution in [2.24, 2.45) is 0 Å². The molecule has 2 heteroatoms. The smallest absolute Gasteiger partial charge is 0.0525 e. The van der Waals surface area contributed by atoms with Gasteiger partial charge in [-0.1, -0.05) is 20.4 Å². The molecule has 0 aromatic heterocycles. The summed E-state index contributed by atoms with van der Waals surface area (Å²) in [5.41, 5.74) is 0.726. The molecule has 1 heterocycles. The maximum atomic E-state index is 5.49. The predicted molar refractivity (Wildman–Crippen MR) is 49.3 cm³/mol. The van der Waals surface area contributed by atoms with Crippen LogP contribution in [-0.2, 0) is 4.74 Å². The van der Waals surface area contributed by atoms with Gasteiger partial charge in [0.1, 0.15) is 0 Å². The quantitative estimate of drug-likeness (QED) is 0.531. The average Bonchev–Trinajstić information content (AvgIpc) is 2.10. The Labute approximate surface area is 67.0 Å². The molecule has 0 saturated carbocycles. The molecular formula is C8H20OSi. The van der Waals surface area contributed by atoms with E-state index in [0.717, 1.165) is 12.3 Å². The molecule has 0 bridgehead atoms. The third-order valence-corrected chi connectivity index (χ3v) is 3.28. The van der Waals surface area contributed by atoms with Gasteiger partial charge in [0.2, 0.25) is 0 Å². The van der Waals surface area contributed by atoms with Crippen LogP contribution in [0.3, 0.4) is 0 Å². The Hall–Kier alpha value is 0.177. The molecule has 0 radical (unpaired) electrons. The number of hydrogen-bond acceptors (Lipinski definition) is 1. The number of ether oxygens (including phenoxy) is 1. The molecule has 10 heavy (non-hydrogen) atoms. The minimum Gasteiger partial charge on any atom is -0.382 e. The summed E-state index contributed by atoms with van der Waals surface area (Å²) >= 11 is 0. The summed E-state index contributed by atoms with van der Waals surface area (Å²) in [4.78, 5) is 0. The highest BCUT2D eigenvalue weighted by Crippen LogP contribution is 2.10. The Morgan fingerprint density at radius 3 is 2.30 bits per heavy atom. The van der Waals surface area contributed by atoms with Crippen molar-refractivity contribution in [3.63, 3.8) is 0 Å². The van der Waals surface area contributed by atoms with Crippen LogP contribution < -0.4 is 0 Å². The zero-order valence-electron chi connectivity index (χ0n) is 7.52. The van der Waals surface area contributed by atoms with E-state index in [1.165, 1.54) is 19.3 Å². The van der Waals surface area contributed by atoms with E-state index in [0.29, 0.717) is 0 Å². The lowest BCUT2D eigenvalue weighted by molar-refractivity contribution is 0.0655. The van der Waals surface area contributed by atoms with Crippen LogP contribution in [0.25, 0.3) is 0 Å². The van der Waals surface area contributed by atoms with Gasteiger partial charge in [-0.25, -0.2) is 0 Å². The highest BCUT2D eigenvalue weighted by Gasteiger charge is 2.10. The van der Waals surface area contributed by atoms with Gasteiger partial charge in [-0.3, -0.25) is 0 Å². The average molecular weight is 160 g/mol. The highest BCUT2D eigenvalue weighted by molar-refractivity contribution is 6.35. The molecule has 0 amide bonds. The van der Waals surface area contributed by atoms with E-state index in [-0.39, 0.29) is 9.52 Å². The maximum absolute atomic E-state index is 5.49. The third kappa shape index (κ3) is 4.07. The van der Waals surface area contributed by atoms with Crippen molar-refractivity contribution in [3.8, 4) is 0 Å². The van der Waals surface area contributed by atoms with Crippen molar-refractivity contribution in [1.29, 1.82) is 0 Å². The first kappa shape index (κ1) is 10.2. The lowest BCUT2D eigenvalue weighted by Crippen LogP contribution is -2.23. The second-order valence-corrected chi connectivity index (χ2v) is 4.12. The lowest BCUT2D eigenvalue weighted by Gasteiger charge is -2.20. The highest BCUT2D eigenvalue weighted by atomic mass is 28.2. The van der Waals surface area contributed by atoms with Crippen molar-refractivity contribution < 1.29 is 4.74 Å². The monoisotopic (exact) mass is 160 g/mol. The summed E-state index contributed by atoms with van der Waals surface area (Å²) in [5.74, 6) is 0. The van der Waals surface area contributed by atoms with Crippen LogP contribution in [0.1, 0.15) is 33.1 Å². The zero-order valence-corrected chi connectivity index (χ0v) is 8.94. The van der Waals surface area contributed by atoms with E-state index < -0.39 is 0 Å². The molecule has 1 fully saturated rings. The van der Waals surface area contributed by atoms with Crippen molar-refractivity contribution in [3.05, 3.63) is 0 Å². The van der Waals surface area contributed by atoms with Gasteiger partial charge in [0, 0.05) is 12.3 Å². The molecule has 0 N–H and O–H groups in total. The Kier molecular flexibility index (Phi) is 7.41. The molecule has 0 aromatic carbocycles. The van der Waals surface area contributed by atoms with Crippen molar-refractivity contribution in [1.82, 2.24) is 0 Å². The second-order valence-electron chi connectivity index (χ2n) is 2.40. The number of rotatable bonds is 1. The summed E-state index contributed by atoms with van der Waals surface area (Å²) < 4.78 is 5.49. The van der Waals surface area contributed by atoms with Gasteiger partial charge in [0.25, 0.3) is 0 Å². The molecule has 1 nitrogen and oxygen atoms in total. The van der Waals surface area contributed by atoms with Crippen LogP contribution in [0, 0.1) is 0 Å². The van der Waals surface area contributed by atoms with Crippen molar-refractivity contribution >= 4 is 9.52 Å². The second kappa shape index (κ2) is 7.29. The SMILES string of the molecule is CC.C[SiH2]C1CCCCO1. The molecule has 62 valence electrons. The Balaban J connectivity index is 0.000000371. The first-order chi connectivity index (χ1) is 4.93. The molecular weight excluding hydrogens is 140 g/mol. The van der Waals surface area contributed by atoms with Gasteiger partial charge in [-0.2, -0.15) is 0 Å². The molecule has 1 aliphatic rings. The molecule has 0 spiro atoms. The zero-order chi connectivity index (χ0) is 7.82. The fraction of sp³-hybridized carbons (Fsp3) is 1.00. The molecule has 0 aliphatic carbocycles. The third-order valence-electron chi connectivity index (χ3n) is 1.73. The topological polar surface area (TPSA) is 9.23 Å². The van der Waals surface area contributed by atoms with Gasteiger partial charge in [0.15, 0.2) is 0 Å². The largest absolute Gasteiger partial charge is 0.382 e. The molecule has 1 rings (SSSR count). The fourth-order valence-electron chi connectivity index (χ4n) is 1.13. The van der Waals surface area contributed by atoms with Crippen LogP contribution >= 0.6 is 0 Å². The molecule has 0 aromatic rings. The van der Waals surface area contributed by atoms with Gasteiger partial charge >= 0.3 is 0 Å². The summed E-state index contributed by atoms with van der Waals surface area (Å²) in [6.45, 7) is 7.36.